The standard InChI is InChI=1S/C11H9Cl2NS.C11H10ClNS.C7H6ClNS.C4H7ClO/c1-7-10(6-12)14-11(15-7)8-2-4-9(13)5-3-8;1-7-8(2)14-11(13-7)9-3-5-10(12)6-4-9;8-6-3-1-5(2-4-6)7(9)10;1-3(5)4(2)6/h2-5H,6H2,1H3;3-6H,1-2H3;1-4H,(H2,9,10);3H,1-2H3. The summed E-state index contributed by atoms with van der Waals surface area (Å²) in [5, 5.41) is 3.95. The highest BCUT2D eigenvalue weighted by Gasteiger charge is 2.08. The van der Waals surface area contributed by atoms with Gasteiger partial charge < -0.3 is 5.73 Å². The van der Waals surface area contributed by atoms with Crippen LogP contribution < -0.4 is 5.73 Å². The maximum atomic E-state index is 10.0. The van der Waals surface area contributed by atoms with Crippen molar-refractivity contribution in [3.63, 3.8) is 0 Å². The Morgan fingerprint density at radius 1 is 0.778 bits per heavy atom. The summed E-state index contributed by atoms with van der Waals surface area (Å²) < 4.78 is 0. The lowest BCUT2D eigenvalue weighted by Crippen LogP contribution is -2.08. The molecule has 0 saturated carbocycles. The molecule has 45 heavy (non-hydrogen) atoms. The predicted molar refractivity (Wildman–Crippen MR) is 202 cm³/mol. The van der Waals surface area contributed by atoms with E-state index in [2.05, 4.69) is 16.9 Å². The van der Waals surface area contributed by atoms with E-state index in [1.54, 1.807) is 53.9 Å². The normalized spacial score (nSPS) is 10.7. The molecule has 0 bridgehead atoms. The summed E-state index contributed by atoms with van der Waals surface area (Å²) in [4.78, 5) is 21.8. The molecule has 0 fully saturated rings. The van der Waals surface area contributed by atoms with Crippen molar-refractivity contribution in [3.05, 3.63) is 115 Å². The second kappa shape index (κ2) is 19.6. The van der Waals surface area contributed by atoms with Gasteiger partial charge in [-0.2, -0.15) is 0 Å². The average molecular weight is 760 g/mol. The molecule has 2 aromatic heterocycles. The molecule has 1 atom stereocenters. The molecule has 12 heteroatoms. The summed E-state index contributed by atoms with van der Waals surface area (Å²) in [6.45, 7) is 9.29. The van der Waals surface area contributed by atoms with Crippen LogP contribution in [-0.4, -0.2) is 26.1 Å². The third-order valence-corrected chi connectivity index (χ3v) is 9.66. The Morgan fingerprint density at radius 2 is 1.16 bits per heavy atom. The number of carbonyl (C=O) groups excluding carboxylic acids is 1. The summed E-state index contributed by atoms with van der Waals surface area (Å²) in [7, 11) is 0. The van der Waals surface area contributed by atoms with E-state index in [0.717, 1.165) is 48.1 Å². The topological polar surface area (TPSA) is 68.9 Å². The minimum atomic E-state index is -0.315. The van der Waals surface area contributed by atoms with Crippen LogP contribution in [0.2, 0.25) is 15.1 Å². The number of alkyl halides is 2. The van der Waals surface area contributed by atoms with E-state index in [4.69, 9.17) is 76.0 Å². The zero-order chi connectivity index (χ0) is 33.7. The maximum Gasteiger partial charge on any atom is 0.147 e. The van der Waals surface area contributed by atoms with E-state index in [9.17, 15) is 4.79 Å². The zero-order valence-electron chi connectivity index (χ0n) is 25.2. The van der Waals surface area contributed by atoms with Gasteiger partial charge in [-0.05, 0) is 71.0 Å². The van der Waals surface area contributed by atoms with E-state index < -0.39 is 0 Å². The predicted octanol–water partition coefficient (Wildman–Crippen LogP) is 11.8. The second-order valence-electron chi connectivity index (χ2n) is 9.43. The van der Waals surface area contributed by atoms with Crippen LogP contribution in [0, 0.1) is 20.8 Å². The fourth-order valence-electron chi connectivity index (χ4n) is 3.07. The number of nitrogens with two attached hydrogens (primary N) is 1. The molecule has 5 aromatic rings. The minimum Gasteiger partial charge on any atom is -0.389 e. The van der Waals surface area contributed by atoms with Crippen molar-refractivity contribution >= 4 is 104 Å². The first-order chi connectivity index (χ1) is 21.2. The van der Waals surface area contributed by atoms with Gasteiger partial charge in [-0.1, -0.05) is 83.4 Å². The van der Waals surface area contributed by atoms with Crippen LogP contribution in [0.15, 0.2) is 72.8 Å². The SMILES string of the molecule is CC(=O)C(C)Cl.Cc1nc(-c2ccc(Cl)cc2)sc1C.Cc1sc(-c2ccc(Cl)cc2)nc1CCl.NC(=S)c1ccc(Cl)cc1. The Kier molecular flexibility index (Phi) is 17.0. The lowest BCUT2D eigenvalue weighted by molar-refractivity contribution is -0.116. The summed E-state index contributed by atoms with van der Waals surface area (Å²) in [6.07, 6.45) is 0. The molecule has 5 rings (SSSR count). The molecule has 0 spiro atoms. The van der Waals surface area contributed by atoms with Crippen molar-refractivity contribution < 1.29 is 4.79 Å². The highest BCUT2D eigenvalue weighted by atomic mass is 35.5. The Hall–Kier alpha value is -2.07. The van der Waals surface area contributed by atoms with Crippen LogP contribution in [0.4, 0.5) is 0 Å². The van der Waals surface area contributed by atoms with Crippen LogP contribution >= 0.6 is 92.9 Å². The van der Waals surface area contributed by atoms with Crippen molar-refractivity contribution in [1.29, 1.82) is 0 Å². The number of aryl methyl sites for hydroxylation is 3. The van der Waals surface area contributed by atoms with Gasteiger partial charge in [-0.25, -0.2) is 9.97 Å². The molecule has 1 unspecified atom stereocenters. The molecule has 238 valence electrons. The van der Waals surface area contributed by atoms with E-state index >= 15 is 0 Å². The van der Waals surface area contributed by atoms with E-state index in [-0.39, 0.29) is 11.2 Å². The second-order valence-corrected chi connectivity index (χ2v) is 14.5. The van der Waals surface area contributed by atoms with Crippen molar-refractivity contribution in [1.82, 2.24) is 9.97 Å². The number of Topliss-reactive ketones (excluding diaryl/α,β-unsaturated/α-hetero) is 1. The number of thiocarbonyl (C=S) groups is 1. The number of ketones is 1. The van der Waals surface area contributed by atoms with Crippen LogP contribution in [0.5, 0.6) is 0 Å². The van der Waals surface area contributed by atoms with Gasteiger partial charge in [0, 0.05) is 41.5 Å². The van der Waals surface area contributed by atoms with Gasteiger partial charge in [0.1, 0.15) is 20.8 Å². The minimum absolute atomic E-state index is 0.0247. The maximum absolute atomic E-state index is 10.0. The number of carbonyl (C=O) groups is 1. The molecular weight excluding hydrogens is 728 g/mol. The Labute approximate surface area is 303 Å². The molecule has 2 heterocycles. The van der Waals surface area contributed by atoms with Crippen molar-refractivity contribution in [3.8, 4) is 21.1 Å². The number of aromatic nitrogens is 2. The molecule has 2 N–H and O–H groups in total. The molecular formula is C33H32Cl5N3OS3. The lowest BCUT2D eigenvalue weighted by Gasteiger charge is -1.95. The van der Waals surface area contributed by atoms with Crippen molar-refractivity contribution in [2.45, 2.75) is 45.9 Å². The van der Waals surface area contributed by atoms with Gasteiger partial charge >= 0.3 is 0 Å². The number of nitrogens with zero attached hydrogens (tertiary/aromatic N) is 2. The quantitative estimate of drug-likeness (QED) is 0.143. The molecule has 0 amide bonds. The van der Waals surface area contributed by atoms with Gasteiger partial charge in [0.15, 0.2) is 0 Å². The number of hydrogen-bond acceptors (Lipinski definition) is 6. The van der Waals surface area contributed by atoms with E-state index in [1.165, 1.54) is 16.7 Å². The van der Waals surface area contributed by atoms with Crippen molar-refractivity contribution in [2.24, 2.45) is 5.73 Å². The number of halogens is 5. The first-order valence-corrected chi connectivity index (χ1v) is 17.5. The Bertz CT molecular complexity index is 1650. The van der Waals surface area contributed by atoms with Gasteiger partial charge in [0.2, 0.25) is 0 Å². The largest absolute Gasteiger partial charge is 0.389 e. The fraction of sp³-hybridized carbons (Fsp3) is 0.212. The monoisotopic (exact) mass is 757 g/mol. The third-order valence-electron chi connectivity index (χ3n) is 5.92. The van der Waals surface area contributed by atoms with Crippen LogP contribution in [0.1, 0.15) is 40.6 Å². The number of benzene rings is 3. The number of hydrogen-bond donors (Lipinski definition) is 1. The molecule has 4 nitrogen and oxygen atoms in total. The lowest BCUT2D eigenvalue weighted by atomic mass is 10.2. The zero-order valence-corrected chi connectivity index (χ0v) is 31.4. The molecule has 0 saturated heterocycles. The number of rotatable bonds is 5. The number of thiazole rings is 2. The van der Waals surface area contributed by atoms with Gasteiger partial charge in [0.25, 0.3) is 0 Å². The fourth-order valence-corrected chi connectivity index (χ4v) is 5.78. The summed E-state index contributed by atoms with van der Waals surface area (Å²) in [6, 6.07) is 22.6. The van der Waals surface area contributed by atoms with Crippen LogP contribution in [-0.2, 0) is 10.7 Å². The van der Waals surface area contributed by atoms with Gasteiger partial charge in [0.05, 0.1) is 22.6 Å². The molecule has 0 aliphatic heterocycles. The smallest absolute Gasteiger partial charge is 0.147 e. The highest BCUT2D eigenvalue weighted by molar-refractivity contribution is 7.80. The van der Waals surface area contributed by atoms with Crippen molar-refractivity contribution in [2.75, 3.05) is 0 Å². The average Bonchev–Trinajstić information content (AvgIpc) is 3.55. The summed E-state index contributed by atoms with van der Waals surface area (Å²) >= 11 is 36.4. The Morgan fingerprint density at radius 3 is 1.47 bits per heavy atom. The first kappa shape index (κ1) is 39.1. The van der Waals surface area contributed by atoms with Crippen LogP contribution in [0.25, 0.3) is 21.1 Å². The third kappa shape index (κ3) is 13.7. The van der Waals surface area contributed by atoms with E-state index in [1.807, 2.05) is 62.4 Å². The highest BCUT2D eigenvalue weighted by Crippen LogP contribution is 2.29. The molecule has 0 aliphatic rings. The van der Waals surface area contributed by atoms with Crippen LogP contribution in [0.3, 0.4) is 0 Å². The summed E-state index contributed by atoms with van der Waals surface area (Å²) in [5.41, 5.74) is 10.5. The first-order valence-electron chi connectivity index (χ1n) is 13.4. The van der Waals surface area contributed by atoms with Gasteiger partial charge in [-0.15, -0.1) is 45.9 Å². The van der Waals surface area contributed by atoms with E-state index in [0.29, 0.717) is 15.9 Å². The Balaban J connectivity index is 0.000000219. The summed E-state index contributed by atoms with van der Waals surface area (Å²) in [5.74, 6) is 0.493. The van der Waals surface area contributed by atoms with Gasteiger partial charge in [-0.3, -0.25) is 4.79 Å². The molecule has 0 radical (unpaired) electrons. The molecule has 3 aromatic carbocycles. The molecule has 0 aliphatic carbocycles.